The van der Waals surface area contributed by atoms with Crippen LogP contribution in [0.1, 0.15) is 12.2 Å². The average molecular weight is 333 g/mol. The molecule has 0 aliphatic carbocycles. The Morgan fingerprint density at radius 3 is 2.83 bits per heavy atom. The van der Waals surface area contributed by atoms with Crippen molar-refractivity contribution in [2.24, 2.45) is 0 Å². The van der Waals surface area contributed by atoms with E-state index in [1.54, 1.807) is 13.3 Å². The van der Waals surface area contributed by atoms with Crippen LogP contribution in [-0.2, 0) is 4.74 Å². The summed E-state index contributed by atoms with van der Waals surface area (Å²) in [5.74, 6) is 1.65. The van der Waals surface area contributed by atoms with E-state index < -0.39 is 0 Å². The summed E-state index contributed by atoms with van der Waals surface area (Å²) in [7, 11) is 1.66. The Morgan fingerprint density at radius 2 is 2.08 bits per heavy atom. The van der Waals surface area contributed by atoms with E-state index in [4.69, 9.17) is 4.74 Å². The van der Waals surface area contributed by atoms with Crippen LogP contribution in [0.3, 0.4) is 0 Å². The third-order valence-electron chi connectivity index (χ3n) is 4.15. The minimum Gasteiger partial charge on any atom is -0.385 e. The molecule has 0 unspecified atom stereocenters. The fourth-order valence-corrected chi connectivity index (χ4v) is 2.80. The molecule has 3 heterocycles. The van der Waals surface area contributed by atoms with Crippen molar-refractivity contribution >= 4 is 17.5 Å². The maximum absolute atomic E-state index is 12.1. The molecule has 9 heteroatoms. The van der Waals surface area contributed by atoms with Crippen LogP contribution in [-0.4, -0.2) is 77.0 Å². The number of hydrogen-bond donors (Lipinski definition) is 1. The van der Waals surface area contributed by atoms with Crippen LogP contribution in [0.15, 0.2) is 12.4 Å². The minimum atomic E-state index is -0.0183. The number of fused-ring (bicyclic) bond motifs is 1. The lowest BCUT2D eigenvalue weighted by molar-refractivity contribution is 0.183. The lowest BCUT2D eigenvalue weighted by Crippen LogP contribution is -2.52. The summed E-state index contributed by atoms with van der Waals surface area (Å²) >= 11 is 0. The van der Waals surface area contributed by atoms with Gasteiger partial charge in [0.2, 0.25) is 5.65 Å². The highest BCUT2D eigenvalue weighted by atomic mass is 16.5. The normalized spacial score (nSPS) is 15.1. The zero-order valence-corrected chi connectivity index (χ0v) is 14.1. The van der Waals surface area contributed by atoms with Gasteiger partial charge in [0.15, 0.2) is 5.82 Å². The number of carbonyl (C=O) groups excluding carboxylic acids is 1. The number of amides is 2. The van der Waals surface area contributed by atoms with Crippen molar-refractivity contribution < 1.29 is 9.53 Å². The average Bonchev–Trinajstić information content (AvgIpc) is 3.00. The molecule has 0 radical (unpaired) electrons. The third kappa shape index (κ3) is 3.40. The summed E-state index contributed by atoms with van der Waals surface area (Å²) in [4.78, 5) is 20.6. The van der Waals surface area contributed by atoms with Crippen LogP contribution in [0.4, 0.5) is 10.6 Å². The van der Waals surface area contributed by atoms with Gasteiger partial charge in [-0.2, -0.15) is 0 Å². The summed E-state index contributed by atoms with van der Waals surface area (Å²) in [6, 6.07) is -0.0183. The number of ether oxygens (including phenoxy) is 1. The smallest absolute Gasteiger partial charge is 0.317 e. The largest absolute Gasteiger partial charge is 0.385 e. The Balaban J connectivity index is 1.57. The Labute approximate surface area is 140 Å². The molecule has 1 N–H and O–H groups in total. The number of aryl methyl sites for hydroxylation is 1. The van der Waals surface area contributed by atoms with Gasteiger partial charge in [0.1, 0.15) is 5.82 Å². The van der Waals surface area contributed by atoms with E-state index in [0.717, 1.165) is 36.8 Å². The number of anilines is 1. The van der Waals surface area contributed by atoms with Crippen LogP contribution < -0.4 is 10.2 Å². The Bertz CT molecular complexity index is 694. The van der Waals surface area contributed by atoms with Gasteiger partial charge < -0.3 is 19.9 Å². The second kappa shape index (κ2) is 7.43. The molecule has 1 aliphatic rings. The van der Waals surface area contributed by atoms with Crippen LogP contribution in [0.2, 0.25) is 0 Å². The molecule has 130 valence electrons. The molecular weight excluding hydrogens is 310 g/mol. The summed E-state index contributed by atoms with van der Waals surface area (Å²) in [5, 5.41) is 11.2. The highest BCUT2D eigenvalue weighted by Crippen LogP contribution is 2.19. The second-order valence-electron chi connectivity index (χ2n) is 5.74. The molecule has 2 aromatic rings. The number of aromatic nitrogens is 4. The van der Waals surface area contributed by atoms with Crippen LogP contribution in [0, 0.1) is 6.92 Å². The van der Waals surface area contributed by atoms with E-state index in [1.807, 2.05) is 22.4 Å². The zero-order valence-electron chi connectivity index (χ0n) is 14.1. The van der Waals surface area contributed by atoms with Crippen molar-refractivity contribution in [1.82, 2.24) is 29.8 Å². The molecule has 9 nitrogen and oxygen atoms in total. The minimum absolute atomic E-state index is 0.0183. The van der Waals surface area contributed by atoms with Gasteiger partial charge in [-0.25, -0.2) is 9.78 Å². The van der Waals surface area contributed by atoms with E-state index in [-0.39, 0.29) is 6.03 Å². The first-order chi connectivity index (χ1) is 11.7. The lowest BCUT2D eigenvalue weighted by Gasteiger charge is -2.35. The summed E-state index contributed by atoms with van der Waals surface area (Å²) in [6.45, 7) is 5.97. The van der Waals surface area contributed by atoms with Crippen molar-refractivity contribution in [3.63, 3.8) is 0 Å². The number of urea groups is 1. The third-order valence-corrected chi connectivity index (χ3v) is 4.15. The molecule has 3 rings (SSSR count). The van der Waals surface area contributed by atoms with E-state index in [1.165, 1.54) is 0 Å². The number of carbonyl (C=O) groups is 1. The standard InChI is InChI=1S/C15H23N7O2/c1-12-18-19-14-13(16-5-6-22(12)14)20-7-9-21(10-8-20)15(23)17-4-3-11-24-2/h5-6H,3-4,7-11H2,1-2H3,(H,17,23). The molecule has 0 atom stereocenters. The maximum atomic E-state index is 12.1. The first kappa shape index (κ1) is 16.4. The van der Waals surface area contributed by atoms with Gasteiger partial charge in [0, 0.05) is 58.8 Å². The molecular formula is C15H23N7O2. The van der Waals surface area contributed by atoms with Crippen molar-refractivity contribution in [3.05, 3.63) is 18.2 Å². The predicted octanol–water partition coefficient (Wildman–Crippen LogP) is 0.301. The topological polar surface area (TPSA) is 87.9 Å². The Kier molecular flexibility index (Phi) is 5.09. The number of rotatable bonds is 5. The van der Waals surface area contributed by atoms with Gasteiger partial charge in [0.25, 0.3) is 0 Å². The molecule has 0 saturated carbocycles. The highest BCUT2D eigenvalue weighted by Gasteiger charge is 2.23. The van der Waals surface area contributed by atoms with E-state index >= 15 is 0 Å². The predicted molar refractivity (Wildman–Crippen MR) is 89.2 cm³/mol. The van der Waals surface area contributed by atoms with Crippen molar-refractivity contribution in [2.45, 2.75) is 13.3 Å². The molecule has 0 bridgehead atoms. The van der Waals surface area contributed by atoms with Gasteiger partial charge in [-0.3, -0.25) is 4.40 Å². The number of hydrogen-bond acceptors (Lipinski definition) is 6. The van der Waals surface area contributed by atoms with E-state index in [2.05, 4.69) is 25.4 Å². The van der Waals surface area contributed by atoms with Crippen molar-refractivity contribution in [1.29, 1.82) is 0 Å². The number of methoxy groups -OCH3 is 1. The van der Waals surface area contributed by atoms with Crippen LogP contribution in [0.25, 0.3) is 5.65 Å². The monoisotopic (exact) mass is 333 g/mol. The zero-order chi connectivity index (χ0) is 16.9. The van der Waals surface area contributed by atoms with Crippen LogP contribution >= 0.6 is 0 Å². The molecule has 0 spiro atoms. The van der Waals surface area contributed by atoms with E-state index in [0.29, 0.717) is 26.2 Å². The molecule has 24 heavy (non-hydrogen) atoms. The first-order valence-electron chi connectivity index (χ1n) is 8.13. The van der Waals surface area contributed by atoms with Gasteiger partial charge in [-0.15, -0.1) is 10.2 Å². The van der Waals surface area contributed by atoms with Crippen LogP contribution in [0.5, 0.6) is 0 Å². The van der Waals surface area contributed by atoms with Gasteiger partial charge in [-0.05, 0) is 13.3 Å². The fraction of sp³-hybridized carbons (Fsp3) is 0.600. The summed E-state index contributed by atoms with van der Waals surface area (Å²) < 4.78 is 6.91. The van der Waals surface area contributed by atoms with Crippen molar-refractivity contribution in [2.75, 3.05) is 51.3 Å². The Hall–Kier alpha value is -2.42. The van der Waals surface area contributed by atoms with Gasteiger partial charge in [-0.1, -0.05) is 0 Å². The quantitative estimate of drug-likeness (QED) is 0.792. The second-order valence-corrected chi connectivity index (χ2v) is 5.74. The summed E-state index contributed by atoms with van der Waals surface area (Å²) in [6.07, 6.45) is 4.44. The lowest BCUT2D eigenvalue weighted by atomic mass is 10.3. The fourth-order valence-electron chi connectivity index (χ4n) is 2.80. The molecule has 2 aromatic heterocycles. The molecule has 2 amide bonds. The maximum Gasteiger partial charge on any atom is 0.317 e. The molecule has 1 aliphatic heterocycles. The Morgan fingerprint density at radius 1 is 1.29 bits per heavy atom. The van der Waals surface area contributed by atoms with E-state index in [9.17, 15) is 4.79 Å². The van der Waals surface area contributed by atoms with Gasteiger partial charge in [0.05, 0.1) is 0 Å². The number of piperazine rings is 1. The molecule has 1 saturated heterocycles. The highest BCUT2D eigenvalue weighted by molar-refractivity contribution is 5.74. The molecule has 1 fully saturated rings. The summed E-state index contributed by atoms with van der Waals surface area (Å²) in [5.41, 5.74) is 0.757. The first-order valence-corrected chi connectivity index (χ1v) is 8.13. The number of nitrogens with one attached hydrogen (secondary N) is 1. The molecule has 0 aromatic carbocycles. The van der Waals surface area contributed by atoms with Crippen molar-refractivity contribution in [3.8, 4) is 0 Å². The number of nitrogens with zero attached hydrogens (tertiary/aromatic N) is 6. The SMILES string of the molecule is COCCCNC(=O)N1CCN(c2nccn3c(C)nnc23)CC1. The van der Waals surface area contributed by atoms with Gasteiger partial charge >= 0.3 is 6.03 Å².